The number of aliphatic hydroxyl groups excluding tert-OH is 1. The van der Waals surface area contributed by atoms with Gasteiger partial charge in [0.15, 0.2) is 0 Å². The Morgan fingerprint density at radius 1 is 1.08 bits per heavy atom. The van der Waals surface area contributed by atoms with Crippen molar-refractivity contribution in [3.63, 3.8) is 0 Å². The van der Waals surface area contributed by atoms with Gasteiger partial charge in [-0.25, -0.2) is 4.79 Å². The molecule has 6 nitrogen and oxygen atoms in total. The quantitative estimate of drug-likeness (QED) is 0.721. The molecular formula is C19H24N2O4. The van der Waals surface area contributed by atoms with Crippen LogP contribution in [0.25, 0.3) is 0 Å². The minimum atomic E-state index is -0.813. The fourth-order valence-corrected chi connectivity index (χ4v) is 2.36. The number of methoxy groups -OCH3 is 1. The summed E-state index contributed by atoms with van der Waals surface area (Å²) in [4.78, 5) is 11.9. The largest absolute Gasteiger partial charge is 0.497 e. The molecular weight excluding hydrogens is 320 g/mol. The van der Waals surface area contributed by atoms with E-state index in [2.05, 4.69) is 10.6 Å². The van der Waals surface area contributed by atoms with E-state index in [1.807, 2.05) is 32.0 Å². The van der Waals surface area contributed by atoms with Crippen LogP contribution in [0.4, 0.5) is 10.5 Å². The Hall–Kier alpha value is -2.73. The van der Waals surface area contributed by atoms with Gasteiger partial charge in [-0.05, 0) is 61.4 Å². The Bertz CT molecular complexity index is 681. The number of anilines is 1. The molecule has 0 saturated heterocycles. The van der Waals surface area contributed by atoms with E-state index >= 15 is 0 Å². The summed E-state index contributed by atoms with van der Waals surface area (Å²) < 4.78 is 10.5. The van der Waals surface area contributed by atoms with Crippen LogP contribution in [0, 0.1) is 13.8 Å². The zero-order chi connectivity index (χ0) is 18.2. The zero-order valence-corrected chi connectivity index (χ0v) is 14.7. The first-order valence-corrected chi connectivity index (χ1v) is 8.04. The molecule has 0 aliphatic rings. The first-order valence-electron chi connectivity index (χ1n) is 8.04. The number of carbonyl (C=O) groups excluding carboxylic acids is 1. The van der Waals surface area contributed by atoms with Crippen LogP contribution in [-0.2, 0) is 0 Å². The molecule has 2 amide bonds. The molecule has 0 aromatic heterocycles. The summed E-state index contributed by atoms with van der Waals surface area (Å²) in [7, 11) is 1.59. The number of ether oxygens (including phenoxy) is 2. The third-order valence-electron chi connectivity index (χ3n) is 3.48. The smallest absolute Gasteiger partial charge is 0.319 e. The van der Waals surface area contributed by atoms with Gasteiger partial charge >= 0.3 is 6.03 Å². The van der Waals surface area contributed by atoms with Gasteiger partial charge in [-0.1, -0.05) is 6.07 Å². The van der Waals surface area contributed by atoms with Crippen LogP contribution in [0.5, 0.6) is 11.5 Å². The van der Waals surface area contributed by atoms with Crippen molar-refractivity contribution in [2.24, 2.45) is 0 Å². The fraction of sp³-hybridized carbons (Fsp3) is 0.316. The van der Waals surface area contributed by atoms with E-state index in [1.165, 1.54) is 0 Å². The molecule has 3 N–H and O–H groups in total. The van der Waals surface area contributed by atoms with Crippen LogP contribution in [0.1, 0.15) is 11.1 Å². The van der Waals surface area contributed by atoms with Gasteiger partial charge in [0.05, 0.1) is 7.11 Å². The highest BCUT2D eigenvalue weighted by Crippen LogP contribution is 2.17. The maximum atomic E-state index is 11.9. The van der Waals surface area contributed by atoms with Gasteiger partial charge in [0, 0.05) is 12.2 Å². The highest BCUT2D eigenvalue weighted by atomic mass is 16.5. The third-order valence-corrected chi connectivity index (χ3v) is 3.48. The second-order valence-corrected chi connectivity index (χ2v) is 5.85. The van der Waals surface area contributed by atoms with Crippen LogP contribution >= 0.6 is 0 Å². The summed E-state index contributed by atoms with van der Waals surface area (Å²) in [6.45, 7) is 4.11. The number of nitrogens with one attached hydrogen (secondary N) is 2. The molecule has 6 heteroatoms. The summed E-state index contributed by atoms with van der Waals surface area (Å²) in [5.74, 6) is 1.36. The number of hydrogen-bond donors (Lipinski definition) is 3. The maximum Gasteiger partial charge on any atom is 0.319 e. The molecule has 0 radical (unpaired) electrons. The Labute approximate surface area is 147 Å². The first kappa shape index (κ1) is 18.6. The molecule has 25 heavy (non-hydrogen) atoms. The number of carbonyl (C=O) groups is 1. The van der Waals surface area contributed by atoms with Gasteiger partial charge < -0.3 is 25.2 Å². The molecule has 2 aromatic carbocycles. The van der Waals surface area contributed by atoms with E-state index in [-0.39, 0.29) is 19.2 Å². The topological polar surface area (TPSA) is 79.8 Å². The minimum Gasteiger partial charge on any atom is -0.497 e. The minimum absolute atomic E-state index is 0.0795. The molecule has 0 spiro atoms. The van der Waals surface area contributed by atoms with Gasteiger partial charge in [0.2, 0.25) is 0 Å². The van der Waals surface area contributed by atoms with Crippen molar-refractivity contribution < 1.29 is 19.4 Å². The highest BCUT2D eigenvalue weighted by Gasteiger charge is 2.09. The Balaban J connectivity index is 1.73. The van der Waals surface area contributed by atoms with E-state index in [4.69, 9.17) is 9.47 Å². The lowest BCUT2D eigenvalue weighted by molar-refractivity contribution is 0.108. The van der Waals surface area contributed by atoms with E-state index < -0.39 is 6.10 Å². The van der Waals surface area contributed by atoms with Gasteiger partial charge in [-0.3, -0.25) is 0 Å². The van der Waals surface area contributed by atoms with Crippen molar-refractivity contribution >= 4 is 11.7 Å². The number of rotatable bonds is 7. The average Bonchev–Trinajstić information content (AvgIpc) is 2.57. The van der Waals surface area contributed by atoms with Gasteiger partial charge in [-0.15, -0.1) is 0 Å². The number of amides is 2. The standard InChI is InChI=1S/C19H24N2O4/c1-13-8-14(2)10-15(9-13)21-19(23)20-11-16(22)12-25-18-6-4-17(24-3)5-7-18/h4-10,16,22H,11-12H2,1-3H3,(H2,20,21,23)/t16-/m1/s1. The van der Waals surface area contributed by atoms with Crippen molar-refractivity contribution in [1.29, 1.82) is 0 Å². The number of benzene rings is 2. The van der Waals surface area contributed by atoms with Crippen molar-refractivity contribution in [1.82, 2.24) is 5.32 Å². The molecule has 0 aliphatic heterocycles. The SMILES string of the molecule is COc1ccc(OC[C@H](O)CNC(=O)Nc2cc(C)cc(C)c2)cc1. The second kappa shape index (κ2) is 8.94. The Morgan fingerprint density at radius 3 is 2.28 bits per heavy atom. The number of urea groups is 1. The molecule has 1 atom stereocenters. The molecule has 0 unspecified atom stereocenters. The molecule has 0 fully saturated rings. The van der Waals surface area contributed by atoms with Crippen LogP contribution in [0.3, 0.4) is 0 Å². The summed E-state index contributed by atoms with van der Waals surface area (Å²) >= 11 is 0. The summed E-state index contributed by atoms with van der Waals surface area (Å²) in [5, 5.41) is 15.3. The van der Waals surface area contributed by atoms with Crippen LogP contribution in [0.15, 0.2) is 42.5 Å². The summed E-state index contributed by atoms with van der Waals surface area (Å²) in [6, 6.07) is 12.5. The number of hydrogen-bond acceptors (Lipinski definition) is 4. The number of aryl methyl sites for hydroxylation is 2. The molecule has 2 rings (SSSR count). The van der Waals surface area contributed by atoms with Crippen LogP contribution in [-0.4, -0.2) is 37.5 Å². The molecule has 2 aromatic rings. The lowest BCUT2D eigenvalue weighted by Gasteiger charge is -2.14. The first-order chi connectivity index (χ1) is 12.0. The van der Waals surface area contributed by atoms with E-state index in [9.17, 15) is 9.90 Å². The molecule has 134 valence electrons. The zero-order valence-electron chi connectivity index (χ0n) is 14.7. The van der Waals surface area contributed by atoms with Crippen LogP contribution < -0.4 is 20.1 Å². The van der Waals surface area contributed by atoms with E-state index in [0.29, 0.717) is 5.75 Å². The van der Waals surface area contributed by atoms with Gasteiger partial charge in [0.1, 0.15) is 24.2 Å². The molecule has 0 saturated carbocycles. The van der Waals surface area contributed by atoms with Crippen molar-refractivity contribution in [3.8, 4) is 11.5 Å². The monoisotopic (exact) mass is 344 g/mol. The van der Waals surface area contributed by atoms with Gasteiger partial charge in [0.25, 0.3) is 0 Å². The van der Waals surface area contributed by atoms with Crippen LogP contribution in [0.2, 0.25) is 0 Å². The second-order valence-electron chi connectivity index (χ2n) is 5.85. The average molecular weight is 344 g/mol. The fourth-order valence-electron chi connectivity index (χ4n) is 2.36. The number of aliphatic hydroxyl groups is 1. The Kier molecular flexibility index (Phi) is 6.65. The predicted molar refractivity (Wildman–Crippen MR) is 97.4 cm³/mol. The van der Waals surface area contributed by atoms with Crippen molar-refractivity contribution in [2.45, 2.75) is 20.0 Å². The molecule has 0 heterocycles. The normalized spacial score (nSPS) is 11.5. The van der Waals surface area contributed by atoms with Gasteiger partial charge in [-0.2, -0.15) is 0 Å². The highest BCUT2D eigenvalue weighted by molar-refractivity contribution is 5.89. The third kappa shape index (κ3) is 6.35. The molecule has 0 bridgehead atoms. The lowest BCUT2D eigenvalue weighted by Crippen LogP contribution is -2.37. The molecule has 0 aliphatic carbocycles. The van der Waals surface area contributed by atoms with E-state index in [0.717, 1.165) is 22.6 Å². The van der Waals surface area contributed by atoms with Crippen molar-refractivity contribution in [2.75, 3.05) is 25.6 Å². The lowest BCUT2D eigenvalue weighted by atomic mass is 10.1. The summed E-state index contributed by atoms with van der Waals surface area (Å²) in [5.41, 5.74) is 2.87. The maximum absolute atomic E-state index is 11.9. The van der Waals surface area contributed by atoms with Crippen molar-refractivity contribution in [3.05, 3.63) is 53.6 Å². The van der Waals surface area contributed by atoms with E-state index in [1.54, 1.807) is 31.4 Å². The predicted octanol–water partition coefficient (Wildman–Crippen LogP) is 2.87. The Morgan fingerprint density at radius 2 is 1.68 bits per heavy atom. The summed E-state index contributed by atoms with van der Waals surface area (Å²) in [6.07, 6.45) is -0.813.